The predicted octanol–water partition coefficient (Wildman–Crippen LogP) is 6.48. The number of furan rings is 1. The minimum Gasteiger partial charge on any atom is -0.494 e. The summed E-state index contributed by atoms with van der Waals surface area (Å²) >= 11 is 0. The molecule has 0 fully saturated rings. The van der Waals surface area contributed by atoms with E-state index in [2.05, 4.69) is 10.3 Å². The van der Waals surface area contributed by atoms with Gasteiger partial charge in [-0.05, 0) is 48.1 Å². The quantitative estimate of drug-likeness (QED) is 0.365. The number of ether oxygens (including phenoxy) is 1. The van der Waals surface area contributed by atoms with E-state index in [-0.39, 0.29) is 11.7 Å². The van der Waals surface area contributed by atoms with E-state index in [1.807, 2.05) is 48.7 Å². The summed E-state index contributed by atoms with van der Waals surface area (Å²) in [6, 6.07) is 14.0. The highest BCUT2D eigenvalue weighted by molar-refractivity contribution is 6.09. The second-order valence-electron chi connectivity index (χ2n) is 8.83. The van der Waals surface area contributed by atoms with Crippen molar-refractivity contribution in [1.82, 2.24) is 4.98 Å². The van der Waals surface area contributed by atoms with Gasteiger partial charge in [0.15, 0.2) is 0 Å². The van der Waals surface area contributed by atoms with Crippen LogP contribution in [0, 0.1) is 5.82 Å². The summed E-state index contributed by atoms with van der Waals surface area (Å²) in [4.78, 5) is 17.7. The van der Waals surface area contributed by atoms with Gasteiger partial charge in [-0.1, -0.05) is 42.5 Å². The number of methoxy groups -OCH3 is 1. The van der Waals surface area contributed by atoms with Gasteiger partial charge in [0.05, 0.1) is 18.2 Å². The van der Waals surface area contributed by atoms with Crippen LogP contribution in [0.2, 0.25) is 0 Å². The van der Waals surface area contributed by atoms with Crippen molar-refractivity contribution in [3.8, 4) is 17.1 Å². The number of allylic oxidation sites excluding steroid dienone is 3. The monoisotopic (exact) mass is 466 g/mol. The smallest absolute Gasteiger partial charge is 0.252 e. The molecular weight excluding hydrogens is 443 g/mol. The van der Waals surface area contributed by atoms with Gasteiger partial charge in [0.2, 0.25) is 5.71 Å². The standard InChI is InChI=1S/C29H23FN2O3/c1-34-24-15-21(30)12-13-23(24)32-28(33)19-11-10-18(14-19)25-26-22-9-5-8-20(22)16-31-29(26)35-27(25)17-6-3-2-4-7-17/h2-4,6-7,10-13,15-16H,5,8-9,14H2,1H3,(H,32,33). The number of amides is 1. The van der Waals surface area contributed by atoms with Crippen LogP contribution in [-0.4, -0.2) is 18.0 Å². The van der Waals surface area contributed by atoms with Crippen LogP contribution in [0.25, 0.3) is 28.0 Å². The number of carbonyl (C=O) groups excluding carboxylic acids is 1. The molecule has 0 aliphatic heterocycles. The normalized spacial score (nSPS) is 14.6. The fourth-order valence-electron chi connectivity index (χ4n) is 5.04. The Bertz CT molecular complexity index is 1530. The lowest BCUT2D eigenvalue weighted by atomic mass is 9.94. The third kappa shape index (κ3) is 3.71. The maximum Gasteiger partial charge on any atom is 0.252 e. The minimum absolute atomic E-state index is 0.251. The van der Waals surface area contributed by atoms with Gasteiger partial charge in [0.1, 0.15) is 17.3 Å². The Morgan fingerprint density at radius 2 is 1.97 bits per heavy atom. The fourth-order valence-corrected chi connectivity index (χ4v) is 5.04. The van der Waals surface area contributed by atoms with E-state index in [0.717, 1.165) is 47.1 Å². The number of anilines is 1. The van der Waals surface area contributed by atoms with Crippen LogP contribution >= 0.6 is 0 Å². The molecule has 0 atom stereocenters. The van der Waals surface area contributed by atoms with Crippen molar-refractivity contribution in [2.75, 3.05) is 12.4 Å². The highest BCUT2D eigenvalue weighted by atomic mass is 19.1. The molecule has 6 heteroatoms. The Hall–Kier alpha value is -4.19. The summed E-state index contributed by atoms with van der Waals surface area (Å²) in [6.07, 6.45) is 9.33. The van der Waals surface area contributed by atoms with E-state index >= 15 is 0 Å². The first-order chi connectivity index (χ1) is 17.1. The van der Waals surface area contributed by atoms with Gasteiger partial charge >= 0.3 is 0 Å². The Morgan fingerprint density at radius 1 is 1.11 bits per heavy atom. The molecule has 1 N–H and O–H groups in total. The van der Waals surface area contributed by atoms with Crippen molar-refractivity contribution in [1.29, 1.82) is 0 Å². The van der Waals surface area contributed by atoms with Crippen LogP contribution < -0.4 is 10.1 Å². The van der Waals surface area contributed by atoms with E-state index in [9.17, 15) is 9.18 Å². The molecule has 1 amide bonds. The number of pyridine rings is 1. The van der Waals surface area contributed by atoms with Crippen molar-refractivity contribution >= 4 is 28.3 Å². The molecular formula is C29H23FN2O3. The lowest BCUT2D eigenvalue weighted by Gasteiger charge is -2.12. The lowest BCUT2D eigenvalue weighted by Crippen LogP contribution is -2.14. The van der Waals surface area contributed by atoms with Crippen molar-refractivity contribution in [2.45, 2.75) is 25.7 Å². The average molecular weight is 467 g/mol. The van der Waals surface area contributed by atoms with Crippen LogP contribution in [0.4, 0.5) is 10.1 Å². The topological polar surface area (TPSA) is 64.4 Å². The molecule has 5 nitrogen and oxygen atoms in total. The molecule has 2 aliphatic rings. The van der Waals surface area contributed by atoms with E-state index in [1.54, 1.807) is 0 Å². The first-order valence-electron chi connectivity index (χ1n) is 11.7. The van der Waals surface area contributed by atoms with Crippen LogP contribution in [0.5, 0.6) is 5.75 Å². The van der Waals surface area contributed by atoms with Crippen LogP contribution in [0.3, 0.4) is 0 Å². The molecule has 6 rings (SSSR count). The third-order valence-corrected chi connectivity index (χ3v) is 6.72. The molecule has 2 heterocycles. The van der Waals surface area contributed by atoms with Gasteiger partial charge in [-0.2, -0.15) is 0 Å². The Labute approximate surface area is 201 Å². The molecule has 0 spiro atoms. The number of halogens is 1. The Morgan fingerprint density at radius 3 is 2.80 bits per heavy atom. The first-order valence-corrected chi connectivity index (χ1v) is 11.7. The summed E-state index contributed by atoms with van der Waals surface area (Å²) in [5, 5.41) is 3.91. The van der Waals surface area contributed by atoms with E-state index < -0.39 is 5.82 Å². The zero-order valence-corrected chi connectivity index (χ0v) is 19.2. The number of rotatable bonds is 5. The van der Waals surface area contributed by atoms with Gasteiger partial charge in [0.25, 0.3) is 5.91 Å². The summed E-state index contributed by atoms with van der Waals surface area (Å²) in [7, 11) is 1.44. The highest BCUT2D eigenvalue weighted by Crippen LogP contribution is 2.44. The SMILES string of the molecule is COc1cc(F)ccc1NC(=O)C1=CC=C(c2c(-c3ccccc3)oc3ncc4c(c23)CCC4)C1. The Balaban J connectivity index is 1.36. The van der Waals surface area contributed by atoms with Crippen molar-refractivity contribution in [2.24, 2.45) is 0 Å². The predicted molar refractivity (Wildman–Crippen MR) is 134 cm³/mol. The van der Waals surface area contributed by atoms with Gasteiger partial charge in [0, 0.05) is 35.4 Å². The minimum atomic E-state index is -0.426. The molecule has 0 radical (unpaired) electrons. The van der Waals surface area contributed by atoms with Crippen LogP contribution in [0.15, 0.2) is 76.9 Å². The molecule has 2 aromatic heterocycles. The summed E-state index contributed by atoms with van der Waals surface area (Å²) in [6.45, 7) is 0. The number of nitrogens with one attached hydrogen (secondary N) is 1. The number of nitrogens with zero attached hydrogens (tertiary/aromatic N) is 1. The number of carbonyl (C=O) groups is 1. The second kappa shape index (κ2) is 8.55. The second-order valence-corrected chi connectivity index (χ2v) is 8.83. The lowest BCUT2D eigenvalue weighted by molar-refractivity contribution is -0.112. The summed E-state index contributed by atoms with van der Waals surface area (Å²) in [5.41, 5.74) is 7.24. The summed E-state index contributed by atoms with van der Waals surface area (Å²) < 4.78 is 25.1. The summed E-state index contributed by atoms with van der Waals surface area (Å²) in [5.74, 6) is 0.373. The maximum absolute atomic E-state index is 13.6. The molecule has 0 saturated carbocycles. The number of fused-ring (bicyclic) bond motifs is 3. The van der Waals surface area contributed by atoms with E-state index in [4.69, 9.17) is 9.15 Å². The maximum atomic E-state index is 13.6. The van der Waals surface area contributed by atoms with Gasteiger partial charge in [-0.3, -0.25) is 4.79 Å². The van der Waals surface area contributed by atoms with Crippen molar-refractivity contribution < 1.29 is 18.3 Å². The number of hydrogen-bond acceptors (Lipinski definition) is 4. The van der Waals surface area contributed by atoms with Gasteiger partial charge in [-0.25, -0.2) is 9.37 Å². The van der Waals surface area contributed by atoms with E-state index in [1.165, 1.54) is 36.4 Å². The molecule has 2 aliphatic carbocycles. The molecule has 35 heavy (non-hydrogen) atoms. The average Bonchev–Trinajstić information content (AvgIpc) is 3.62. The number of hydrogen-bond donors (Lipinski definition) is 1. The van der Waals surface area contributed by atoms with Gasteiger partial charge in [-0.15, -0.1) is 0 Å². The van der Waals surface area contributed by atoms with Crippen molar-refractivity contribution in [3.63, 3.8) is 0 Å². The number of aryl methyl sites for hydroxylation is 2. The molecule has 174 valence electrons. The zero-order chi connectivity index (χ0) is 23.9. The number of aromatic nitrogens is 1. The molecule has 2 aromatic carbocycles. The largest absolute Gasteiger partial charge is 0.494 e. The van der Waals surface area contributed by atoms with Crippen LogP contribution in [-0.2, 0) is 17.6 Å². The zero-order valence-electron chi connectivity index (χ0n) is 19.2. The first kappa shape index (κ1) is 21.4. The molecule has 0 saturated heterocycles. The highest BCUT2D eigenvalue weighted by Gasteiger charge is 2.28. The number of benzene rings is 2. The molecule has 4 aromatic rings. The van der Waals surface area contributed by atoms with E-state index in [0.29, 0.717) is 23.4 Å². The third-order valence-electron chi connectivity index (χ3n) is 6.72. The fraction of sp³-hybridized carbons (Fsp3) is 0.172. The van der Waals surface area contributed by atoms with Crippen molar-refractivity contribution in [3.05, 3.63) is 95.0 Å². The molecule has 0 bridgehead atoms. The molecule has 0 unspecified atom stereocenters. The Kier molecular flexibility index (Phi) is 5.21. The van der Waals surface area contributed by atoms with Crippen LogP contribution in [0.1, 0.15) is 29.5 Å². The van der Waals surface area contributed by atoms with Gasteiger partial charge < -0.3 is 14.5 Å².